The number of aromatic nitrogens is 1. The molecule has 3 aromatic carbocycles. The summed E-state index contributed by atoms with van der Waals surface area (Å²) in [5.74, 6) is 0.168. The van der Waals surface area contributed by atoms with Gasteiger partial charge in [-0.1, -0.05) is 54.1 Å². The van der Waals surface area contributed by atoms with Gasteiger partial charge >= 0.3 is 0 Å². The van der Waals surface area contributed by atoms with Crippen LogP contribution in [0.15, 0.2) is 94.9 Å². The van der Waals surface area contributed by atoms with E-state index in [0.29, 0.717) is 28.3 Å². The minimum atomic E-state index is 0.168. The first-order chi connectivity index (χ1) is 15.1. The van der Waals surface area contributed by atoms with Crippen molar-refractivity contribution in [1.82, 2.24) is 4.98 Å². The van der Waals surface area contributed by atoms with Crippen molar-refractivity contribution < 1.29 is 9.90 Å². The fourth-order valence-electron chi connectivity index (χ4n) is 3.22. The molecule has 0 unspecified atom stereocenters. The summed E-state index contributed by atoms with van der Waals surface area (Å²) in [6.07, 6.45) is 2.42. The number of carbonyl (C=O) groups is 1. The number of carbonyl (C=O) groups excluding carboxylic acids is 1. The minimum absolute atomic E-state index is 0.168. The predicted molar refractivity (Wildman–Crippen MR) is 124 cm³/mol. The van der Waals surface area contributed by atoms with Crippen molar-refractivity contribution in [2.24, 2.45) is 9.98 Å². The number of nitrogens with one attached hydrogen (secondary N) is 1. The molecule has 4 rings (SSSR count). The van der Waals surface area contributed by atoms with Gasteiger partial charge in [0.05, 0.1) is 34.7 Å². The summed E-state index contributed by atoms with van der Waals surface area (Å²) >= 11 is 0. The van der Waals surface area contributed by atoms with Crippen molar-refractivity contribution in [3.8, 4) is 5.75 Å². The average Bonchev–Trinajstić information content (AvgIpc) is 3.27. The lowest BCUT2D eigenvalue weighted by Gasteiger charge is -2.11. The van der Waals surface area contributed by atoms with Crippen LogP contribution in [0.5, 0.6) is 5.75 Å². The van der Waals surface area contributed by atoms with Crippen LogP contribution in [-0.2, 0) is 0 Å². The second kappa shape index (κ2) is 9.05. The maximum absolute atomic E-state index is 10.9. The molecule has 2 N–H and O–H groups in total. The van der Waals surface area contributed by atoms with Crippen LogP contribution in [-0.4, -0.2) is 28.3 Å². The summed E-state index contributed by atoms with van der Waals surface area (Å²) in [6.45, 7) is 1.98. The molecule has 5 nitrogen and oxygen atoms in total. The summed E-state index contributed by atoms with van der Waals surface area (Å²) in [5.41, 5.74) is 5.79. The van der Waals surface area contributed by atoms with Crippen LogP contribution < -0.4 is 0 Å². The van der Waals surface area contributed by atoms with E-state index in [0.717, 1.165) is 23.1 Å². The zero-order valence-electron chi connectivity index (χ0n) is 17.0. The molecule has 0 radical (unpaired) electrons. The van der Waals surface area contributed by atoms with E-state index in [-0.39, 0.29) is 5.75 Å². The first-order valence-corrected chi connectivity index (χ1v) is 9.85. The Kier molecular flexibility index (Phi) is 5.85. The zero-order valence-corrected chi connectivity index (χ0v) is 17.0. The number of phenolic OH excluding ortho intramolecular Hbond substituents is 1. The summed E-state index contributed by atoms with van der Waals surface area (Å²) in [6, 6.07) is 26.3. The van der Waals surface area contributed by atoms with E-state index in [1.54, 1.807) is 24.4 Å². The number of H-pyrrole nitrogens is 1. The molecule has 31 heavy (non-hydrogen) atoms. The number of para-hydroxylation sites is 2. The molecule has 0 bridgehead atoms. The Morgan fingerprint density at radius 1 is 0.871 bits per heavy atom. The third-order valence-corrected chi connectivity index (χ3v) is 4.77. The molecule has 1 aromatic heterocycles. The SMILES string of the molecule is Cc1ccc(O)c(C(=Nc2ccccc2N=Cc2ccc(C=O)[nH]2)c2ccccc2)c1. The molecule has 0 atom stereocenters. The average molecular weight is 407 g/mol. The Balaban J connectivity index is 1.81. The molecule has 0 saturated heterocycles. The Morgan fingerprint density at radius 2 is 1.58 bits per heavy atom. The predicted octanol–water partition coefficient (Wildman–Crippen LogP) is 5.76. The number of aromatic hydroxyl groups is 1. The Morgan fingerprint density at radius 3 is 2.32 bits per heavy atom. The molecule has 5 heteroatoms. The van der Waals surface area contributed by atoms with Crippen molar-refractivity contribution in [3.63, 3.8) is 0 Å². The van der Waals surface area contributed by atoms with E-state index in [1.807, 2.05) is 73.7 Å². The molecule has 0 aliphatic rings. The van der Waals surface area contributed by atoms with Gasteiger partial charge in [-0.15, -0.1) is 0 Å². The Bertz CT molecular complexity index is 1270. The van der Waals surface area contributed by atoms with Gasteiger partial charge in [0.25, 0.3) is 0 Å². The number of benzene rings is 3. The second-order valence-electron chi connectivity index (χ2n) is 7.08. The van der Waals surface area contributed by atoms with E-state index in [1.165, 1.54) is 0 Å². The van der Waals surface area contributed by atoms with Gasteiger partial charge in [0.2, 0.25) is 0 Å². The van der Waals surface area contributed by atoms with Crippen LogP contribution in [0.25, 0.3) is 0 Å². The van der Waals surface area contributed by atoms with Crippen LogP contribution in [0.2, 0.25) is 0 Å². The lowest BCUT2D eigenvalue weighted by Crippen LogP contribution is -2.04. The molecule has 152 valence electrons. The van der Waals surface area contributed by atoms with Crippen LogP contribution in [0.3, 0.4) is 0 Å². The van der Waals surface area contributed by atoms with Crippen molar-refractivity contribution in [3.05, 3.63) is 113 Å². The smallest absolute Gasteiger partial charge is 0.166 e. The van der Waals surface area contributed by atoms with Gasteiger partial charge in [-0.3, -0.25) is 9.79 Å². The molecule has 0 spiro atoms. The number of rotatable bonds is 6. The molecule has 0 amide bonds. The van der Waals surface area contributed by atoms with Gasteiger partial charge in [0, 0.05) is 11.1 Å². The highest BCUT2D eigenvalue weighted by Gasteiger charge is 2.13. The Labute approximate surface area is 180 Å². The summed E-state index contributed by atoms with van der Waals surface area (Å²) in [5, 5.41) is 10.5. The number of aliphatic imine (C=N–C) groups is 2. The van der Waals surface area contributed by atoms with Crippen LogP contribution in [0.1, 0.15) is 32.9 Å². The number of aromatic amines is 1. The number of hydrogen-bond acceptors (Lipinski definition) is 4. The number of phenols is 1. The first kappa shape index (κ1) is 20.0. The highest BCUT2D eigenvalue weighted by atomic mass is 16.3. The van der Waals surface area contributed by atoms with Crippen molar-refractivity contribution in [2.45, 2.75) is 6.92 Å². The third kappa shape index (κ3) is 4.67. The van der Waals surface area contributed by atoms with Crippen LogP contribution in [0, 0.1) is 6.92 Å². The molecule has 0 aliphatic carbocycles. The standard InChI is InChI=1S/C26H21N3O2/c1-18-11-14-25(31)22(15-18)26(19-7-3-2-4-8-19)29-24-10-6-5-9-23(24)27-16-20-12-13-21(17-30)28-20/h2-17,28,31H,1H3. The molecule has 4 aromatic rings. The fourth-order valence-corrected chi connectivity index (χ4v) is 3.22. The number of hydrogen-bond donors (Lipinski definition) is 2. The first-order valence-electron chi connectivity index (χ1n) is 9.85. The van der Waals surface area contributed by atoms with Crippen molar-refractivity contribution in [2.75, 3.05) is 0 Å². The van der Waals surface area contributed by atoms with Crippen LogP contribution >= 0.6 is 0 Å². The van der Waals surface area contributed by atoms with E-state index in [2.05, 4.69) is 9.98 Å². The zero-order chi connectivity index (χ0) is 21.6. The van der Waals surface area contributed by atoms with Gasteiger partial charge in [-0.2, -0.15) is 0 Å². The quantitative estimate of drug-likeness (QED) is 0.315. The van der Waals surface area contributed by atoms with E-state index in [9.17, 15) is 9.90 Å². The van der Waals surface area contributed by atoms with Crippen LogP contribution in [0.4, 0.5) is 11.4 Å². The monoisotopic (exact) mass is 407 g/mol. The van der Waals surface area contributed by atoms with Crippen molar-refractivity contribution >= 4 is 29.6 Å². The molecule has 0 fully saturated rings. The van der Waals surface area contributed by atoms with Gasteiger partial charge in [0.1, 0.15) is 5.75 Å². The largest absolute Gasteiger partial charge is 0.507 e. The molecule has 0 aliphatic heterocycles. The lowest BCUT2D eigenvalue weighted by molar-refractivity contribution is 0.111. The third-order valence-electron chi connectivity index (χ3n) is 4.77. The minimum Gasteiger partial charge on any atom is -0.507 e. The molecular weight excluding hydrogens is 386 g/mol. The summed E-state index contributed by atoms with van der Waals surface area (Å²) in [7, 11) is 0. The molecule has 0 saturated carbocycles. The number of aryl methyl sites for hydroxylation is 1. The summed E-state index contributed by atoms with van der Waals surface area (Å²) < 4.78 is 0. The van der Waals surface area contributed by atoms with E-state index in [4.69, 9.17) is 4.99 Å². The maximum atomic E-state index is 10.9. The van der Waals surface area contributed by atoms with Gasteiger partial charge in [-0.05, 0) is 43.3 Å². The highest BCUT2D eigenvalue weighted by Crippen LogP contribution is 2.31. The van der Waals surface area contributed by atoms with E-state index < -0.39 is 0 Å². The van der Waals surface area contributed by atoms with Gasteiger partial charge < -0.3 is 10.1 Å². The van der Waals surface area contributed by atoms with E-state index >= 15 is 0 Å². The van der Waals surface area contributed by atoms with Gasteiger partial charge in [0.15, 0.2) is 6.29 Å². The topological polar surface area (TPSA) is 77.8 Å². The Hall–Kier alpha value is -4.25. The molecular formula is C26H21N3O2. The maximum Gasteiger partial charge on any atom is 0.166 e. The number of aldehydes is 1. The highest BCUT2D eigenvalue weighted by molar-refractivity contribution is 6.15. The number of nitrogens with zero attached hydrogens (tertiary/aromatic N) is 2. The normalized spacial score (nSPS) is 11.7. The molecule has 1 heterocycles. The second-order valence-corrected chi connectivity index (χ2v) is 7.08. The van der Waals surface area contributed by atoms with Crippen molar-refractivity contribution in [1.29, 1.82) is 0 Å². The lowest BCUT2D eigenvalue weighted by atomic mass is 9.99. The fraction of sp³-hybridized carbons (Fsp3) is 0.0385. The van der Waals surface area contributed by atoms with Gasteiger partial charge in [-0.25, -0.2) is 4.99 Å². The summed E-state index contributed by atoms with van der Waals surface area (Å²) in [4.78, 5) is 23.3.